The number of nitrogens with two attached hydrogens (primary N) is 1. The molecule has 3 heteroatoms. The van der Waals surface area contributed by atoms with E-state index in [2.05, 4.69) is 36.1 Å². The molecule has 0 aliphatic carbocycles. The van der Waals surface area contributed by atoms with Crippen LogP contribution in [-0.2, 0) is 19.5 Å². The summed E-state index contributed by atoms with van der Waals surface area (Å²) < 4.78 is 5.73. The van der Waals surface area contributed by atoms with Crippen LogP contribution in [0.15, 0.2) is 40.8 Å². The molecule has 2 aromatic rings. The fourth-order valence-electron chi connectivity index (χ4n) is 2.79. The van der Waals surface area contributed by atoms with Crippen molar-refractivity contribution in [3.05, 3.63) is 53.5 Å². The summed E-state index contributed by atoms with van der Waals surface area (Å²) in [5.74, 6) is 1.84. The van der Waals surface area contributed by atoms with Crippen LogP contribution in [0.2, 0.25) is 0 Å². The first-order valence-electron chi connectivity index (χ1n) is 6.90. The molecule has 0 saturated heterocycles. The highest BCUT2D eigenvalue weighted by Crippen LogP contribution is 2.31. The normalized spacial score (nSPS) is 18.4. The van der Waals surface area contributed by atoms with Gasteiger partial charge in [0.05, 0.1) is 13.1 Å². The molecule has 2 heterocycles. The van der Waals surface area contributed by atoms with Gasteiger partial charge in [-0.25, -0.2) is 0 Å². The summed E-state index contributed by atoms with van der Waals surface area (Å²) in [6.07, 6.45) is 2.36. The highest BCUT2D eigenvalue weighted by molar-refractivity contribution is 5.56. The molecule has 1 unspecified atom stereocenters. The second kappa shape index (κ2) is 5.10. The highest BCUT2D eigenvalue weighted by Gasteiger charge is 2.23. The summed E-state index contributed by atoms with van der Waals surface area (Å²) in [5.41, 5.74) is 8.37. The number of anilines is 1. The van der Waals surface area contributed by atoms with E-state index in [-0.39, 0.29) is 0 Å². The molecule has 3 nitrogen and oxygen atoms in total. The van der Waals surface area contributed by atoms with Crippen LogP contribution >= 0.6 is 0 Å². The molecular weight excluding hydrogens is 236 g/mol. The zero-order valence-electron chi connectivity index (χ0n) is 11.3. The Morgan fingerprint density at radius 1 is 1.21 bits per heavy atom. The molecule has 0 spiro atoms. The van der Waals surface area contributed by atoms with Gasteiger partial charge < -0.3 is 15.1 Å². The largest absolute Gasteiger partial charge is 0.463 e. The van der Waals surface area contributed by atoms with E-state index >= 15 is 0 Å². The standard InChI is InChI=1S/C16H20N2O/c1-12-6-7-13-4-2-3-5-16(13)18(12)11-15-9-8-14(10-17)19-15/h2-5,8-9,12H,6-7,10-11,17H2,1H3. The highest BCUT2D eigenvalue weighted by atomic mass is 16.3. The van der Waals surface area contributed by atoms with Crippen LogP contribution in [0.1, 0.15) is 30.4 Å². The van der Waals surface area contributed by atoms with Gasteiger partial charge in [-0.15, -0.1) is 0 Å². The zero-order chi connectivity index (χ0) is 13.2. The Hall–Kier alpha value is -1.74. The van der Waals surface area contributed by atoms with E-state index in [0.29, 0.717) is 12.6 Å². The minimum atomic E-state index is 0.464. The number of para-hydroxylation sites is 1. The van der Waals surface area contributed by atoms with Gasteiger partial charge in [0.2, 0.25) is 0 Å². The van der Waals surface area contributed by atoms with Gasteiger partial charge >= 0.3 is 0 Å². The van der Waals surface area contributed by atoms with Crippen LogP contribution in [0.4, 0.5) is 5.69 Å². The van der Waals surface area contributed by atoms with Crippen LogP contribution < -0.4 is 10.6 Å². The van der Waals surface area contributed by atoms with E-state index in [9.17, 15) is 0 Å². The van der Waals surface area contributed by atoms with Crippen LogP contribution in [0, 0.1) is 0 Å². The van der Waals surface area contributed by atoms with Gasteiger partial charge in [0.1, 0.15) is 11.5 Å². The monoisotopic (exact) mass is 256 g/mol. The number of benzene rings is 1. The molecule has 1 aromatic heterocycles. The molecule has 0 radical (unpaired) electrons. The summed E-state index contributed by atoms with van der Waals surface area (Å²) >= 11 is 0. The fraction of sp³-hybridized carbons (Fsp3) is 0.375. The Balaban J connectivity index is 1.87. The van der Waals surface area contributed by atoms with E-state index < -0.39 is 0 Å². The van der Waals surface area contributed by atoms with Crippen LogP contribution in [0.3, 0.4) is 0 Å². The maximum atomic E-state index is 5.73. The van der Waals surface area contributed by atoms with Gasteiger partial charge in [-0.3, -0.25) is 0 Å². The Morgan fingerprint density at radius 3 is 2.79 bits per heavy atom. The third kappa shape index (κ3) is 2.38. The molecule has 19 heavy (non-hydrogen) atoms. The Bertz CT molecular complexity index is 561. The van der Waals surface area contributed by atoms with Crippen molar-refractivity contribution in [2.75, 3.05) is 4.90 Å². The Kier molecular flexibility index (Phi) is 3.30. The molecule has 3 rings (SSSR count). The zero-order valence-corrected chi connectivity index (χ0v) is 11.3. The second-order valence-electron chi connectivity index (χ2n) is 5.22. The predicted molar refractivity (Wildman–Crippen MR) is 77.0 cm³/mol. The maximum Gasteiger partial charge on any atom is 0.123 e. The van der Waals surface area contributed by atoms with Crippen molar-refractivity contribution in [1.29, 1.82) is 0 Å². The molecule has 0 saturated carbocycles. The van der Waals surface area contributed by atoms with Crippen molar-refractivity contribution in [1.82, 2.24) is 0 Å². The lowest BCUT2D eigenvalue weighted by molar-refractivity contribution is 0.445. The van der Waals surface area contributed by atoms with Crippen molar-refractivity contribution >= 4 is 5.69 Å². The first-order chi connectivity index (χ1) is 9.28. The van der Waals surface area contributed by atoms with Gasteiger partial charge in [0, 0.05) is 11.7 Å². The molecule has 0 bridgehead atoms. The number of furan rings is 1. The lowest BCUT2D eigenvalue weighted by Crippen LogP contribution is -2.36. The number of rotatable bonds is 3. The van der Waals surface area contributed by atoms with Crippen molar-refractivity contribution in [2.45, 2.75) is 38.9 Å². The van der Waals surface area contributed by atoms with E-state index in [1.54, 1.807) is 0 Å². The second-order valence-corrected chi connectivity index (χ2v) is 5.22. The first-order valence-corrected chi connectivity index (χ1v) is 6.90. The average molecular weight is 256 g/mol. The SMILES string of the molecule is CC1CCc2ccccc2N1Cc1ccc(CN)o1. The lowest BCUT2D eigenvalue weighted by Gasteiger charge is -2.36. The topological polar surface area (TPSA) is 42.4 Å². The van der Waals surface area contributed by atoms with Crippen molar-refractivity contribution in [3.63, 3.8) is 0 Å². The summed E-state index contributed by atoms with van der Waals surface area (Å²) in [5, 5.41) is 0. The Labute approximate surface area is 114 Å². The third-order valence-electron chi connectivity index (χ3n) is 3.91. The van der Waals surface area contributed by atoms with Gasteiger partial charge in [0.25, 0.3) is 0 Å². The number of nitrogens with zero attached hydrogens (tertiary/aromatic N) is 1. The molecular formula is C16H20N2O. The van der Waals surface area contributed by atoms with Crippen LogP contribution in [-0.4, -0.2) is 6.04 Å². The van der Waals surface area contributed by atoms with Gasteiger partial charge in [0.15, 0.2) is 0 Å². The molecule has 0 amide bonds. The van der Waals surface area contributed by atoms with Gasteiger partial charge in [-0.2, -0.15) is 0 Å². The maximum absolute atomic E-state index is 5.73. The van der Waals surface area contributed by atoms with E-state index in [1.807, 2.05) is 12.1 Å². The molecule has 1 aromatic carbocycles. The molecule has 1 atom stereocenters. The predicted octanol–water partition coefficient (Wildman–Crippen LogP) is 3.08. The Morgan fingerprint density at radius 2 is 2.00 bits per heavy atom. The quantitative estimate of drug-likeness (QED) is 0.917. The summed E-state index contributed by atoms with van der Waals surface area (Å²) in [6, 6.07) is 13.2. The fourth-order valence-corrected chi connectivity index (χ4v) is 2.79. The van der Waals surface area contributed by atoms with Crippen molar-refractivity contribution in [2.24, 2.45) is 5.73 Å². The van der Waals surface area contributed by atoms with Crippen LogP contribution in [0.5, 0.6) is 0 Å². The molecule has 1 aliphatic rings. The molecule has 2 N–H and O–H groups in total. The van der Waals surface area contributed by atoms with E-state index in [0.717, 1.165) is 18.1 Å². The summed E-state index contributed by atoms with van der Waals surface area (Å²) in [7, 11) is 0. The van der Waals surface area contributed by atoms with E-state index in [1.165, 1.54) is 24.1 Å². The van der Waals surface area contributed by atoms with Crippen LogP contribution in [0.25, 0.3) is 0 Å². The van der Waals surface area contributed by atoms with Crippen molar-refractivity contribution < 1.29 is 4.42 Å². The number of aryl methyl sites for hydroxylation is 1. The lowest BCUT2D eigenvalue weighted by atomic mass is 9.96. The average Bonchev–Trinajstić information content (AvgIpc) is 2.90. The first kappa shape index (κ1) is 12.3. The third-order valence-corrected chi connectivity index (χ3v) is 3.91. The smallest absolute Gasteiger partial charge is 0.123 e. The number of hydrogen-bond acceptors (Lipinski definition) is 3. The van der Waals surface area contributed by atoms with Gasteiger partial charge in [-0.05, 0) is 43.5 Å². The minimum absolute atomic E-state index is 0.464. The molecule has 100 valence electrons. The number of fused-ring (bicyclic) bond motifs is 1. The molecule has 0 fully saturated rings. The van der Waals surface area contributed by atoms with Gasteiger partial charge in [-0.1, -0.05) is 18.2 Å². The van der Waals surface area contributed by atoms with E-state index in [4.69, 9.17) is 10.2 Å². The molecule has 1 aliphatic heterocycles. The minimum Gasteiger partial charge on any atom is -0.463 e. The summed E-state index contributed by atoms with van der Waals surface area (Å²) in [6.45, 7) is 3.56. The number of hydrogen-bond donors (Lipinski definition) is 1. The van der Waals surface area contributed by atoms with Crippen molar-refractivity contribution in [3.8, 4) is 0 Å². The summed E-state index contributed by atoms with van der Waals surface area (Å²) in [4.78, 5) is 2.43.